The molecule has 3 rings (SSSR count). The molecule has 0 unspecified atom stereocenters. The maximum atomic E-state index is 12.8. The topological polar surface area (TPSA) is 100 Å². The Hall–Kier alpha value is -3.23. The molecule has 1 aromatic heterocycles. The van der Waals surface area contributed by atoms with Gasteiger partial charge in [-0.3, -0.25) is 10.1 Å². The first-order chi connectivity index (χ1) is 12.0. The van der Waals surface area contributed by atoms with Crippen molar-refractivity contribution >= 4 is 23.2 Å². The van der Waals surface area contributed by atoms with E-state index in [9.17, 15) is 19.3 Å². The third-order valence-corrected chi connectivity index (χ3v) is 3.89. The summed E-state index contributed by atoms with van der Waals surface area (Å²) in [4.78, 5) is 28.2. The van der Waals surface area contributed by atoms with Crippen molar-refractivity contribution in [1.29, 1.82) is 0 Å². The maximum absolute atomic E-state index is 12.8. The third-order valence-electron chi connectivity index (χ3n) is 3.89. The fourth-order valence-corrected chi connectivity index (χ4v) is 2.65. The van der Waals surface area contributed by atoms with Crippen molar-refractivity contribution in [2.75, 3.05) is 23.3 Å². The molecule has 9 heteroatoms. The van der Waals surface area contributed by atoms with Gasteiger partial charge >= 0.3 is 6.03 Å². The summed E-state index contributed by atoms with van der Waals surface area (Å²) >= 11 is 0. The molecule has 0 bridgehead atoms. The lowest BCUT2D eigenvalue weighted by Gasteiger charge is -2.18. The zero-order valence-electron chi connectivity index (χ0n) is 13.2. The molecular weight excluding hydrogens is 329 g/mol. The SMILES string of the molecule is O=C(Nc1ccc(F)cc1)N[C@H]1CCN(c2ccc([N+](=O)[O-])cn2)C1. The molecule has 1 aromatic carbocycles. The molecular formula is C16H16FN5O3. The summed E-state index contributed by atoms with van der Waals surface area (Å²) in [5.41, 5.74) is 0.446. The van der Waals surface area contributed by atoms with Crippen LogP contribution in [-0.2, 0) is 0 Å². The molecule has 1 fully saturated rings. The molecule has 0 saturated carbocycles. The van der Waals surface area contributed by atoms with E-state index in [1.54, 1.807) is 6.07 Å². The molecule has 0 radical (unpaired) electrons. The van der Waals surface area contributed by atoms with Crippen LogP contribution in [0.3, 0.4) is 0 Å². The lowest BCUT2D eigenvalue weighted by Crippen LogP contribution is -2.39. The molecule has 0 spiro atoms. The van der Waals surface area contributed by atoms with Gasteiger partial charge in [-0.25, -0.2) is 14.2 Å². The van der Waals surface area contributed by atoms with Crippen LogP contribution >= 0.6 is 0 Å². The van der Waals surface area contributed by atoms with Crippen molar-refractivity contribution < 1.29 is 14.1 Å². The number of urea groups is 1. The first kappa shape index (κ1) is 16.6. The van der Waals surface area contributed by atoms with Gasteiger partial charge in [-0.2, -0.15) is 0 Å². The lowest BCUT2D eigenvalue weighted by molar-refractivity contribution is -0.385. The van der Waals surface area contributed by atoms with Crippen LogP contribution in [0, 0.1) is 15.9 Å². The van der Waals surface area contributed by atoms with Crippen molar-refractivity contribution in [2.24, 2.45) is 0 Å². The number of benzene rings is 1. The zero-order chi connectivity index (χ0) is 17.8. The van der Waals surface area contributed by atoms with Crippen molar-refractivity contribution in [3.05, 3.63) is 58.5 Å². The quantitative estimate of drug-likeness (QED) is 0.655. The van der Waals surface area contributed by atoms with Crippen LogP contribution in [0.5, 0.6) is 0 Å². The van der Waals surface area contributed by atoms with Crippen LogP contribution in [0.4, 0.5) is 26.4 Å². The molecule has 25 heavy (non-hydrogen) atoms. The number of carbonyl (C=O) groups excluding carboxylic acids is 1. The number of nitrogens with one attached hydrogen (secondary N) is 2. The van der Waals surface area contributed by atoms with E-state index in [1.807, 2.05) is 4.90 Å². The molecule has 0 aliphatic carbocycles. The van der Waals surface area contributed by atoms with Crippen molar-refractivity contribution in [3.63, 3.8) is 0 Å². The fourth-order valence-electron chi connectivity index (χ4n) is 2.65. The summed E-state index contributed by atoms with van der Waals surface area (Å²) in [6, 6.07) is 8.07. The Balaban J connectivity index is 1.53. The van der Waals surface area contributed by atoms with Gasteiger partial charge in [0.25, 0.3) is 5.69 Å². The first-order valence-corrected chi connectivity index (χ1v) is 7.70. The molecule has 8 nitrogen and oxygen atoms in total. The second-order valence-electron chi connectivity index (χ2n) is 5.67. The fraction of sp³-hybridized carbons (Fsp3) is 0.250. The van der Waals surface area contributed by atoms with Crippen LogP contribution in [0.15, 0.2) is 42.6 Å². The summed E-state index contributed by atoms with van der Waals surface area (Å²) < 4.78 is 12.8. The van der Waals surface area contributed by atoms with Crippen LogP contribution in [-0.4, -0.2) is 35.1 Å². The minimum atomic E-state index is -0.495. The molecule has 2 amide bonds. The highest BCUT2D eigenvalue weighted by atomic mass is 19.1. The molecule has 2 aromatic rings. The molecule has 1 aliphatic heterocycles. The molecule has 2 N–H and O–H groups in total. The normalized spacial score (nSPS) is 16.5. The van der Waals surface area contributed by atoms with E-state index in [-0.39, 0.29) is 23.6 Å². The zero-order valence-corrected chi connectivity index (χ0v) is 13.2. The highest BCUT2D eigenvalue weighted by Crippen LogP contribution is 2.20. The Morgan fingerprint density at radius 2 is 2.04 bits per heavy atom. The van der Waals surface area contributed by atoms with E-state index in [0.717, 1.165) is 6.42 Å². The number of pyridine rings is 1. The van der Waals surface area contributed by atoms with Gasteiger partial charge in [0, 0.05) is 30.9 Å². The largest absolute Gasteiger partial charge is 0.354 e. The molecule has 130 valence electrons. The average molecular weight is 345 g/mol. The van der Waals surface area contributed by atoms with Gasteiger partial charge < -0.3 is 15.5 Å². The number of nitrogens with zero attached hydrogens (tertiary/aromatic N) is 3. The van der Waals surface area contributed by atoms with Crippen molar-refractivity contribution in [2.45, 2.75) is 12.5 Å². The molecule has 1 saturated heterocycles. The Kier molecular flexibility index (Phi) is 4.73. The number of carbonyl (C=O) groups is 1. The van der Waals surface area contributed by atoms with Gasteiger partial charge in [0.15, 0.2) is 0 Å². The number of hydrogen-bond donors (Lipinski definition) is 2. The summed E-state index contributed by atoms with van der Waals surface area (Å²) in [5, 5.41) is 16.1. The van der Waals surface area contributed by atoms with Gasteiger partial charge in [-0.15, -0.1) is 0 Å². The lowest BCUT2D eigenvalue weighted by atomic mass is 10.3. The van der Waals surface area contributed by atoms with Gasteiger partial charge in [-0.05, 0) is 36.8 Å². The predicted molar refractivity (Wildman–Crippen MR) is 90.1 cm³/mol. The Bertz CT molecular complexity index is 766. The average Bonchev–Trinajstić information content (AvgIpc) is 3.05. The summed E-state index contributed by atoms with van der Waals surface area (Å²) in [5.74, 6) is 0.266. The number of nitro groups is 1. The number of halogens is 1. The van der Waals surface area contributed by atoms with Gasteiger partial charge in [0.2, 0.25) is 0 Å². The minimum absolute atomic E-state index is 0.0590. The number of aromatic nitrogens is 1. The monoisotopic (exact) mass is 345 g/mol. The Labute approximate surface area is 142 Å². The van der Waals surface area contributed by atoms with E-state index < -0.39 is 4.92 Å². The summed E-state index contributed by atoms with van der Waals surface area (Å²) in [6.07, 6.45) is 1.95. The van der Waals surface area contributed by atoms with E-state index >= 15 is 0 Å². The summed E-state index contributed by atoms with van der Waals surface area (Å²) in [6.45, 7) is 1.24. The third kappa shape index (κ3) is 4.19. The van der Waals surface area contributed by atoms with Crippen LogP contribution in [0.25, 0.3) is 0 Å². The first-order valence-electron chi connectivity index (χ1n) is 7.70. The van der Waals surface area contributed by atoms with E-state index in [0.29, 0.717) is 24.6 Å². The van der Waals surface area contributed by atoms with Crippen molar-refractivity contribution in [1.82, 2.24) is 10.3 Å². The Morgan fingerprint density at radius 3 is 2.68 bits per heavy atom. The number of hydrogen-bond acceptors (Lipinski definition) is 5. The Morgan fingerprint density at radius 1 is 1.28 bits per heavy atom. The second kappa shape index (κ2) is 7.12. The standard InChI is InChI=1S/C16H16FN5O3/c17-11-1-3-12(4-2-11)19-16(23)20-13-7-8-21(10-13)15-6-5-14(9-18-15)22(24)25/h1-6,9,13H,7-8,10H2,(H2,19,20,23)/t13-/m0/s1. The maximum Gasteiger partial charge on any atom is 0.319 e. The number of rotatable bonds is 4. The summed E-state index contributed by atoms with van der Waals surface area (Å²) in [7, 11) is 0. The molecule has 1 aliphatic rings. The molecule has 1 atom stereocenters. The van der Waals surface area contributed by atoms with E-state index in [2.05, 4.69) is 15.6 Å². The number of anilines is 2. The highest BCUT2D eigenvalue weighted by molar-refractivity contribution is 5.89. The van der Waals surface area contributed by atoms with Crippen LogP contribution in [0.1, 0.15) is 6.42 Å². The highest BCUT2D eigenvalue weighted by Gasteiger charge is 2.25. The van der Waals surface area contributed by atoms with Gasteiger partial charge in [0.1, 0.15) is 17.8 Å². The second-order valence-corrected chi connectivity index (χ2v) is 5.67. The van der Waals surface area contributed by atoms with Gasteiger partial charge in [-0.1, -0.05) is 0 Å². The minimum Gasteiger partial charge on any atom is -0.354 e. The van der Waals surface area contributed by atoms with Crippen molar-refractivity contribution in [3.8, 4) is 0 Å². The van der Waals surface area contributed by atoms with E-state index in [1.165, 1.54) is 36.5 Å². The van der Waals surface area contributed by atoms with E-state index in [4.69, 9.17) is 0 Å². The number of amides is 2. The van der Waals surface area contributed by atoms with Gasteiger partial charge in [0.05, 0.1) is 4.92 Å². The predicted octanol–water partition coefficient (Wildman–Crippen LogP) is 2.53. The smallest absolute Gasteiger partial charge is 0.319 e. The van der Waals surface area contributed by atoms with Crippen LogP contribution in [0.2, 0.25) is 0 Å². The molecule has 2 heterocycles. The van der Waals surface area contributed by atoms with Crippen LogP contribution < -0.4 is 15.5 Å².